The molecule has 0 radical (unpaired) electrons. The van der Waals surface area contributed by atoms with Crippen LogP contribution in [0.1, 0.15) is 6.92 Å². The Morgan fingerprint density at radius 2 is 2.28 bits per heavy atom. The summed E-state index contributed by atoms with van der Waals surface area (Å²) < 4.78 is 28.0. The lowest BCUT2D eigenvalue weighted by atomic mass is 10.3. The molecule has 98 valence electrons. The van der Waals surface area contributed by atoms with Gasteiger partial charge in [0.15, 0.2) is 4.60 Å². The molecule has 1 rings (SSSR count). The summed E-state index contributed by atoms with van der Waals surface area (Å²) in [6.07, 6.45) is 0. The van der Waals surface area contributed by atoms with Crippen LogP contribution in [0.15, 0.2) is 10.7 Å². The van der Waals surface area contributed by atoms with Crippen LogP contribution in [0.25, 0.3) is 0 Å². The third-order valence-corrected chi connectivity index (χ3v) is 2.21. The van der Waals surface area contributed by atoms with E-state index in [1.165, 1.54) is 0 Å². The van der Waals surface area contributed by atoms with Gasteiger partial charge >= 0.3 is 12.3 Å². The number of carbonyl (C=O) groups is 1. The average Bonchev–Trinajstić information content (AvgIpc) is 2.19. The lowest BCUT2D eigenvalue weighted by Gasteiger charge is -2.10. The van der Waals surface area contributed by atoms with E-state index in [-0.39, 0.29) is 10.3 Å². The summed E-state index contributed by atoms with van der Waals surface area (Å²) in [5, 5.41) is 12.7. The first-order valence-corrected chi connectivity index (χ1v) is 5.18. The third kappa shape index (κ3) is 3.58. The summed E-state index contributed by atoms with van der Waals surface area (Å²) in [5.41, 5.74) is -0.793. The Kier molecular flexibility index (Phi) is 4.48. The minimum Gasteiger partial charge on any atom is -0.415 e. The summed E-state index contributed by atoms with van der Waals surface area (Å²) in [6.45, 7) is -2.06. The molecule has 0 aliphatic rings. The molecule has 1 aromatic heterocycles. The standard InChI is InChI=1S/C8H6BrF2N3O4/c1-3(15)12-4-2-5(14(16)17)6(9)13-7(4)18-8(10)11/h2,8H,1H3,(H,12,15). The largest absolute Gasteiger partial charge is 0.415 e. The molecule has 0 aliphatic heterocycles. The van der Waals surface area contributed by atoms with E-state index in [1.807, 2.05) is 0 Å². The second kappa shape index (κ2) is 5.67. The Bertz CT molecular complexity index is 497. The van der Waals surface area contributed by atoms with Gasteiger partial charge in [0.1, 0.15) is 5.69 Å². The number of rotatable bonds is 4. The van der Waals surface area contributed by atoms with Crippen LogP contribution in [0, 0.1) is 10.1 Å². The second-order valence-corrected chi connectivity index (χ2v) is 3.72. The van der Waals surface area contributed by atoms with E-state index in [0.29, 0.717) is 0 Å². The van der Waals surface area contributed by atoms with Crippen LogP contribution in [-0.4, -0.2) is 22.4 Å². The third-order valence-electron chi connectivity index (χ3n) is 1.63. The Balaban J connectivity index is 3.27. The number of ether oxygens (including phenoxy) is 1. The molecule has 1 heterocycles. The van der Waals surface area contributed by atoms with Gasteiger partial charge in [0, 0.05) is 13.0 Å². The summed E-state index contributed by atoms with van der Waals surface area (Å²) in [7, 11) is 0. The molecule has 1 amide bonds. The van der Waals surface area contributed by atoms with Crippen LogP contribution in [0.2, 0.25) is 0 Å². The predicted molar refractivity (Wildman–Crippen MR) is 59.5 cm³/mol. The molecule has 0 spiro atoms. The molecule has 0 saturated carbocycles. The number of nitro groups is 1. The molecule has 0 saturated heterocycles. The average molecular weight is 326 g/mol. The van der Waals surface area contributed by atoms with Gasteiger partial charge in [-0.3, -0.25) is 14.9 Å². The Morgan fingerprint density at radius 3 is 2.72 bits per heavy atom. The molecule has 1 N–H and O–H groups in total. The number of hydrogen-bond donors (Lipinski definition) is 1. The molecule has 0 unspecified atom stereocenters. The normalized spacial score (nSPS) is 10.3. The zero-order valence-corrected chi connectivity index (χ0v) is 10.4. The smallest absolute Gasteiger partial charge is 0.388 e. The molecular weight excluding hydrogens is 320 g/mol. The van der Waals surface area contributed by atoms with Crippen molar-refractivity contribution in [2.75, 3.05) is 5.32 Å². The molecule has 0 atom stereocenters. The van der Waals surface area contributed by atoms with Crippen molar-refractivity contribution in [1.29, 1.82) is 0 Å². The number of nitrogens with zero attached hydrogens (tertiary/aromatic N) is 2. The van der Waals surface area contributed by atoms with Gasteiger partial charge in [-0.2, -0.15) is 13.8 Å². The fraction of sp³-hybridized carbons (Fsp3) is 0.250. The van der Waals surface area contributed by atoms with E-state index in [4.69, 9.17) is 0 Å². The highest BCUT2D eigenvalue weighted by Gasteiger charge is 2.21. The predicted octanol–water partition coefficient (Wildman–Crippen LogP) is 2.31. The van der Waals surface area contributed by atoms with Gasteiger partial charge in [0.2, 0.25) is 11.8 Å². The van der Waals surface area contributed by atoms with Crippen LogP contribution in [-0.2, 0) is 4.79 Å². The van der Waals surface area contributed by atoms with Crippen molar-refractivity contribution >= 4 is 33.2 Å². The summed E-state index contributed by atoms with van der Waals surface area (Å²) >= 11 is 2.75. The Hall–Kier alpha value is -1.84. The number of aromatic nitrogens is 1. The Labute approximate surface area is 107 Å². The van der Waals surface area contributed by atoms with Gasteiger partial charge in [0.25, 0.3) is 0 Å². The fourth-order valence-electron chi connectivity index (χ4n) is 1.05. The number of pyridine rings is 1. The molecule has 0 bridgehead atoms. The van der Waals surface area contributed by atoms with Gasteiger partial charge in [-0.1, -0.05) is 0 Å². The van der Waals surface area contributed by atoms with Crippen molar-refractivity contribution in [3.63, 3.8) is 0 Å². The fourth-order valence-corrected chi connectivity index (χ4v) is 1.47. The lowest BCUT2D eigenvalue weighted by molar-refractivity contribution is -0.386. The highest BCUT2D eigenvalue weighted by atomic mass is 79.9. The minimum atomic E-state index is -3.17. The maximum atomic E-state index is 12.1. The van der Waals surface area contributed by atoms with Gasteiger partial charge in [-0.15, -0.1) is 0 Å². The minimum absolute atomic E-state index is 0.280. The number of alkyl halides is 2. The van der Waals surface area contributed by atoms with Gasteiger partial charge in [-0.25, -0.2) is 0 Å². The van der Waals surface area contributed by atoms with E-state index in [0.717, 1.165) is 13.0 Å². The summed E-state index contributed by atoms with van der Waals surface area (Å²) in [6, 6.07) is 0.871. The number of nitrogens with one attached hydrogen (secondary N) is 1. The Morgan fingerprint density at radius 1 is 1.67 bits per heavy atom. The topological polar surface area (TPSA) is 94.4 Å². The highest BCUT2D eigenvalue weighted by Crippen LogP contribution is 2.33. The SMILES string of the molecule is CC(=O)Nc1cc([N+](=O)[O-])c(Br)nc1OC(F)F. The van der Waals surface area contributed by atoms with Crippen molar-refractivity contribution < 1.29 is 23.2 Å². The highest BCUT2D eigenvalue weighted by molar-refractivity contribution is 9.10. The molecule has 0 aromatic carbocycles. The maximum absolute atomic E-state index is 12.1. The number of amides is 1. The first-order chi connectivity index (χ1) is 8.31. The molecule has 0 fully saturated rings. The molecule has 7 nitrogen and oxygen atoms in total. The zero-order chi connectivity index (χ0) is 13.9. The summed E-state index contributed by atoms with van der Waals surface area (Å²) in [4.78, 5) is 24.1. The van der Waals surface area contributed by atoms with Crippen LogP contribution >= 0.6 is 15.9 Å². The summed E-state index contributed by atoms with van der Waals surface area (Å²) in [5.74, 6) is -1.22. The van der Waals surface area contributed by atoms with Gasteiger partial charge in [0.05, 0.1) is 4.92 Å². The van der Waals surface area contributed by atoms with E-state index < -0.39 is 29.0 Å². The maximum Gasteiger partial charge on any atom is 0.388 e. The number of halogens is 3. The lowest BCUT2D eigenvalue weighted by Crippen LogP contribution is -2.12. The van der Waals surface area contributed by atoms with Crippen molar-refractivity contribution in [1.82, 2.24) is 4.98 Å². The van der Waals surface area contributed by atoms with Crippen molar-refractivity contribution in [3.05, 3.63) is 20.8 Å². The van der Waals surface area contributed by atoms with Crippen molar-refractivity contribution in [2.24, 2.45) is 0 Å². The molecule has 1 aromatic rings. The van der Waals surface area contributed by atoms with E-state index in [2.05, 4.69) is 31.0 Å². The second-order valence-electron chi connectivity index (χ2n) is 2.97. The molecule has 10 heteroatoms. The van der Waals surface area contributed by atoms with E-state index in [9.17, 15) is 23.7 Å². The zero-order valence-electron chi connectivity index (χ0n) is 8.82. The quantitative estimate of drug-likeness (QED) is 0.520. The first kappa shape index (κ1) is 14.2. The molecule has 18 heavy (non-hydrogen) atoms. The number of hydrogen-bond acceptors (Lipinski definition) is 5. The number of anilines is 1. The first-order valence-electron chi connectivity index (χ1n) is 4.38. The van der Waals surface area contributed by atoms with Crippen LogP contribution < -0.4 is 10.1 Å². The van der Waals surface area contributed by atoms with E-state index in [1.54, 1.807) is 0 Å². The van der Waals surface area contributed by atoms with Crippen LogP contribution in [0.4, 0.5) is 20.2 Å². The van der Waals surface area contributed by atoms with Crippen molar-refractivity contribution in [3.8, 4) is 5.88 Å². The van der Waals surface area contributed by atoms with E-state index >= 15 is 0 Å². The van der Waals surface area contributed by atoms with Gasteiger partial charge in [-0.05, 0) is 15.9 Å². The molecular formula is C8H6BrF2N3O4. The molecule has 0 aliphatic carbocycles. The monoisotopic (exact) mass is 325 g/mol. The number of carbonyl (C=O) groups excluding carboxylic acids is 1. The van der Waals surface area contributed by atoms with Gasteiger partial charge < -0.3 is 10.1 Å². The van der Waals surface area contributed by atoms with Crippen molar-refractivity contribution in [2.45, 2.75) is 13.5 Å². The van der Waals surface area contributed by atoms with Crippen LogP contribution in [0.3, 0.4) is 0 Å². The van der Waals surface area contributed by atoms with Crippen LogP contribution in [0.5, 0.6) is 5.88 Å².